The van der Waals surface area contributed by atoms with Crippen molar-refractivity contribution >= 4 is 62.0 Å². The van der Waals surface area contributed by atoms with Gasteiger partial charge in [0.15, 0.2) is 5.11 Å². The summed E-state index contributed by atoms with van der Waals surface area (Å²) in [6.07, 6.45) is 3.61. The molecule has 128 valence electrons. The third-order valence-electron chi connectivity index (χ3n) is 4.32. The van der Waals surface area contributed by atoms with E-state index in [0.29, 0.717) is 15.9 Å². The Morgan fingerprint density at radius 2 is 2.25 bits per heavy atom. The Hall–Kier alpha value is -1.37. The van der Waals surface area contributed by atoms with Crippen LogP contribution in [0.25, 0.3) is 10.1 Å². The summed E-state index contributed by atoms with van der Waals surface area (Å²) in [5.74, 6) is -0.409. The second-order valence-electron chi connectivity index (χ2n) is 5.92. The number of carbonyl (C=O) groups is 1. The molecule has 1 fully saturated rings. The van der Waals surface area contributed by atoms with Crippen molar-refractivity contribution in [2.75, 3.05) is 19.0 Å². The predicted octanol–water partition coefficient (Wildman–Crippen LogP) is 4.91. The number of halogens is 1. The summed E-state index contributed by atoms with van der Waals surface area (Å²) in [5.41, 5.74) is 0.902. The number of fused-ring (bicyclic) bond motifs is 1. The highest BCUT2D eigenvalue weighted by atomic mass is 35.5. The maximum Gasteiger partial charge on any atom is 0.349 e. The van der Waals surface area contributed by atoms with Crippen LogP contribution in [0.2, 0.25) is 5.02 Å². The Morgan fingerprint density at radius 1 is 1.46 bits per heavy atom. The number of nitrogens with one attached hydrogen (secondary N) is 1. The molecule has 7 heteroatoms. The molecule has 1 aromatic carbocycles. The third-order valence-corrected chi connectivity index (χ3v) is 6.29. The molecule has 0 bridgehead atoms. The summed E-state index contributed by atoms with van der Waals surface area (Å²) in [7, 11) is 1.36. The molecule has 4 nitrogen and oxygen atoms in total. The molecule has 0 aliphatic carbocycles. The molecule has 0 saturated carbocycles. The topological polar surface area (TPSA) is 41.6 Å². The summed E-state index contributed by atoms with van der Waals surface area (Å²) >= 11 is 13.2. The zero-order valence-electron chi connectivity index (χ0n) is 13.6. The van der Waals surface area contributed by atoms with Crippen molar-refractivity contribution in [3.05, 3.63) is 28.1 Å². The molecule has 1 aliphatic heterocycles. The first-order chi connectivity index (χ1) is 11.5. The second kappa shape index (κ2) is 7.25. The summed E-state index contributed by atoms with van der Waals surface area (Å²) in [4.78, 5) is 14.4. The van der Waals surface area contributed by atoms with Crippen LogP contribution in [0.3, 0.4) is 0 Å². The fourth-order valence-corrected chi connectivity index (χ4v) is 4.82. The van der Waals surface area contributed by atoms with E-state index in [2.05, 4.69) is 17.1 Å². The summed E-state index contributed by atoms with van der Waals surface area (Å²) in [6, 6.07) is 6.28. The van der Waals surface area contributed by atoms with Crippen LogP contribution >= 0.6 is 35.2 Å². The van der Waals surface area contributed by atoms with E-state index in [1.807, 2.05) is 18.2 Å². The van der Waals surface area contributed by atoms with E-state index < -0.39 is 5.97 Å². The van der Waals surface area contributed by atoms with Gasteiger partial charge in [-0.3, -0.25) is 0 Å². The highest BCUT2D eigenvalue weighted by molar-refractivity contribution is 7.80. The molecule has 1 aromatic heterocycles. The van der Waals surface area contributed by atoms with Crippen LogP contribution in [0, 0.1) is 0 Å². The van der Waals surface area contributed by atoms with Gasteiger partial charge in [0.05, 0.1) is 12.1 Å². The average Bonchev–Trinajstić information content (AvgIpc) is 2.91. The van der Waals surface area contributed by atoms with Crippen LogP contribution in [0.1, 0.15) is 35.9 Å². The van der Waals surface area contributed by atoms with E-state index in [1.165, 1.54) is 37.7 Å². The van der Waals surface area contributed by atoms with Gasteiger partial charge in [-0.25, -0.2) is 4.79 Å². The summed E-state index contributed by atoms with van der Waals surface area (Å²) < 4.78 is 5.71. The smallest absolute Gasteiger partial charge is 0.349 e. The molecule has 3 rings (SSSR count). The Morgan fingerprint density at radius 3 is 2.96 bits per heavy atom. The molecule has 1 saturated heterocycles. The number of thiophene rings is 1. The van der Waals surface area contributed by atoms with E-state index in [4.69, 9.17) is 28.6 Å². The normalized spacial score (nSPS) is 17.8. The van der Waals surface area contributed by atoms with E-state index in [1.54, 1.807) is 0 Å². The number of benzene rings is 1. The number of anilines is 1. The van der Waals surface area contributed by atoms with Crippen molar-refractivity contribution in [1.29, 1.82) is 0 Å². The van der Waals surface area contributed by atoms with Crippen LogP contribution in [0.15, 0.2) is 18.2 Å². The van der Waals surface area contributed by atoms with Crippen molar-refractivity contribution in [1.82, 2.24) is 4.90 Å². The van der Waals surface area contributed by atoms with Crippen LogP contribution in [0.5, 0.6) is 0 Å². The van der Waals surface area contributed by atoms with Gasteiger partial charge in [0.1, 0.15) is 4.88 Å². The van der Waals surface area contributed by atoms with Gasteiger partial charge < -0.3 is 15.0 Å². The number of likely N-dealkylation sites (tertiary alicyclic amines) is 1. The molecular weight excluding hydrogens is 364 g/mol. The first kappa shape index (κ1) is 17.5. The Balaban J connectivity index is 1.83. The van der Waals surface area contributed by atoms with Crippen molar-refractivity contribution in [2.45, 2.75) is 32.2 Å². The lowest BCUT2D eigenvalue weighted by Crippen LogP contribution is -2.44. The molecule has 1 N–H and O–H groups in total. The molecule has 1 unspecified atom stereocenters. The van der Waals surface area contributed by atoms with Crippen LogP contribution in [-0.4, -0.2) is 35.7 Å². The monoisotopic (exact) mass is 382 g/mol. The highest BCUT2D eigenvalue weighted by Gasteiger charge is 2.21. The molecule has 0 amide bonds. The van der Waals surface area contributed by atoms with Gasteiger partial charge in [-0.15, -0.1) is 11.3 Å². The molecule has 2 aromatic rings. The van der Waals surface area contributed by atoms with E-state index >= 15 is 0 Å². The lowest BCUT2D eigenvalue weighted by atomic mass is 10.0. The Labute approximate surface area is 155 Å². The molecule has 1 aliphatic rings. The van der Waals surface area contributed by atoms with Gasteiger partial charge >= 0.3 is 5.97 Å². The molecule has 2 heterocycles. The largest absolute Gasteiger partial charge is 0.465 e. The molecule has 1 atom stereocenters. The van der Waals surface area contributed by atoms with E-state index in [0.717, 1.165) is 27.4 Å². The first-order valence-corrected chi connectivity index (χ1v) is 9.49. The zero-order chi connectivity index (χ0) is 17.3. The first-order valence-electron chi connectivity index (χ1n) is 7.89. The van der Waals surface area contributed by atoms with Gasteiger partial charge in [0.2, 0.25) is 0 Å². The molecule has 0 spiro atoms. The van der Waals surface area contributed by atoms with Gasteiger partial charge in [0, 0.05) is 28.4 Å². The number of rotatable bonds is 2. The number of piperidine rings is 1. The Bertz CT molecular complexity index is 790. The highest BCUT2D eigenvalue weighted by Crippen LogP contribution is 2.37. The SMILES string of the molecule is COC(=O)c1sc2cc(NC(=S)N3CCCCC3C)ccc2c1Cl. The minimum absolute atomic E-state index is 0.409. The quantitative estimate of drug-likeness (QED) is 0.590. The second-order valence-corrected chi connectivity index (χ2v) is 7.73. The number of methoxy groups -OCH3 is 1. The number of ether oxygens (including phenoxy) is 1. The van der Waals surface area contributed by atoms with E-state index in [-0.39, 0.29) is 0 Å². The number of nitrogens with zero attached hydrogens (tertiary/aromatic N) is 1. The van der Waals surface area contributed by atoms with Crippen LogP contribution in [0.4, 0.5) is 5.69 Å². The number of carbonyl (C=O) groups excluding carboxylic acids is 1. The van der Waals surface area contributed by atoms with E-state index in [9.17, 15) is 4.79 Å². The predicted molar refractivity (Wildman–Crippen MR) is 104 cm³/mol. The molecule has 24 heavy (non-hydrogen) atoms. The van der Waals surface area contributed by atoms with Crippen molar-refractivity contribution in [3.8, 4) is 0 Å². The number of hydrogen-bond acceptors (Lipinski definition) is 4. The summed E-state index contributed by atoms with van der Waals surface area (Å²) in [6.45, 7) is 3.20. The minimum atomic E-state index is -0.409. The maximum atomic E-state index is 11.8. The van der Waals surface area contributed by atoms with Crippen LogP contribution < -0.4 is 5.32 Å². The number of esters is 1. The molecule has 0 radical (unpaired) electrons. The van der Waals surface area contributed by atoms with Gasteiger partial charge in [0.25, 0.3) is 0 Å². The summed E-state index contributed by atoms with van der Waals surface area (Å²) in [5, 5.41) is 5.36. The third kappa shape index (κ3) is 3.36. The number of hydrogen-bond donors (Lipinski definition) is 1. The van der Waals surface area contributed by atoms with Crippen LogP contribution in [-0.2, 0) is 4.74 Å². The average molecular weight is 383 g/mol. The lowest BCUT2D eigenvalue weighted by Gasteiger charge is -2.35. The van der Waals surface area contributed by atoms with Gasteiger partial charge in [-0.1, -0.05) is 11.6 Å². The fourth-order valence-electron chi connectivity index (χ4n) is 2.96. The fraction of sp³-hybridized carbons (Fsp3) is 0.412. The zero-order valence-corrected chi connectivity index (χ0v) is 16.0. The standard InChI is InChI=1S/C17H19ClN2O2S2/c1-10-5-3-4-8-20(10)17(23)19-11-6-7-12-13(9-11)24-15(14(12)18)16(21)22-2/h6-7,9-10H,3-5,8H2,1-2H3,(H,19,23). The lowest BCUT2D eigenvalue weighted by molar-refractivity contribution is 0.0606. The van der Waals surface area contributed by atoms with Crippen molar-refractivity contribution in [2.24, 2.45) is 0 Å². The molecular formula is C17H19ClN2O2S2. The van der Waals surface area contributed by atoms with Crippen molar-refractivity contribution in [3.63, 3.8) is 0 Å². The Kier molecular flexibility index (Phi) is 5.27. The maximum absolute atomic E-state index is 11.8. The van der Waals surface area contributed by atoms with Gasteiger partial charge in [-0.2, -0.15) is 0 Å². The van der Waals surface area contributed by atoms with Crippen molar-refractivity contribution < 1.29 is 9.53 Å². The number of thiocarbonyl (C=S) groups is 1. The van der Waals surface area contributed by atoms with Gasteiger partial charge in [-0.05, 0) is 56.6 Å². The minimum Gasteiger partial charge on any atom is -0.465 e.